The Bertz CT molecular complexity index is 628. The van der Waals surface area contributed by atoms with Crippen molar-refractivity contribution in [3.05, 3.63) is 53.1 Å². The lowest BCUT2D eigenvalue weighted by molar-refractivity contribution is -0.118. The molecule has 0 spiro atoms. The SMILES string of the molecule is Cc1c(Cl)cccc1NC(=O)COc1ccccc1O. The molecule has 2 N–H and O–H groups in total. The van der Waals surface area contributed by atoms with E-state index >= 15 is 0 Å². The Labute approximate surface area is 122 Å². The van der Waals surface area contributed by atoms with E-state index in [-0.39, 0.29) is 24.0 Å². The van der Waals surface area contributed by atoms with Crippen LogP contribution in [-0.4, -0.2) is 17.6 Å². The van der Waals surface area contributed by atoms with Crippen molar-refractivity contribution < 1.29 is 14.6 Å². The number of carbonyl (C=O) groups excluding carboxylic acids is 1. The molecule has 0 saturated heterocycles. The van der Waals surface area contributed by atoms with Gasteiger partial charge in [-0.3, -0.25) is 4.79 Å². The highest BCUT2D eigenvalue weighted by atomic mass is 35.5. The van der Waals surface area contributed by atoms with Crippen LogP contribution < -0.4 is 10.1 Å². The van der Waals surface area contributed by atoms with E-state index in [4.69, 9.17) is 16.3 Å². The van der Waals surface area contributed by atoms with Crippen molar-refractivity contribution in [2.75, 3.05) is 11.9 Å². The summed E-state index contributed by atoms with van der Waals surface area (Å²) in [6, 6.07) is 11.8. The van der Waals surface area contributed by atoms with Gasteiger partial charge in [-0.05, 0) is 36.8 Å². The quantitative estimate of drug-likeness (QED) is 0.908. The first-order chi connectivity index (χ1) is 9.58. The van der Waals surface area contributed by atoms with Crippen LogP contribution >= 0.6 is 11.6 Å². The number of ether oxygens (including phenoxy) is 1. The Morgan fingerprint density at radius 3 is 2.75 bits per heavy atom. The summed E-state index contributed by atoms with van der Waals surface area (Å²) in [5, 5.41) is 12.8. The third kappa shape index (κ3) is 3.42. The normalized spacial score (nSPS) is 10.1. The number of nitrogens with one attached hydrogen (secondary N) is 1. The molecule has 4 nitrogen and oxygen atoms in total. The molecule has 0 aliphatic carbocycles. The summed E-state index contributed by atoms with van der Waals surface area (Å²) < 4.78 is 5.25. The molecule has 0 fully saturated rings. The number of para-hydroxylation sites is 2. The molecule has 0 bridgehead atoms. The summed E-state index contributed by atoms with van der Waals surface area (Å²) in [7, 11) is 0. The molecule has 0 heterocycles. The number of rotatable bonds is 4. The van der Waals surface area contributed by atoms with E-state index in [1.807, 2.05) is 6.92 Å². The number of benzene rings is 2. The average molecular weight is 292 g/mol. The van der Waals surface area contributed by atoms with Crippen molar-refractivity contribution in [3.8, 4) is 11.5 Å². The van der Waals surface area contributed by atoms with E-state index in [0.717, 1.165) is 5.56 Å². The van der Waals surface area contributed by atoms with E-state index in [0.29, 0.717) is 10.7 Å². The zero-order valence-corrected chi connectivity index (χ0v) is 11.6. The fourth-order valence-corrected chi connectivity index (χ4v) is 1.83. The van der Waals surface area contributed by atoms with Gasteiger partial charge in [-0.2, -0.15) is 0 Å². The van der Waals surface area contributed by atoms with E-state index in [2.05, 4.69) is 5.32 Å². The summed E-state index contributed by atoms with van der Waals surface area (Å²) in [5.74, 6) is -0.0525. The van der Waals surface area contributed by atoms with Crippen LogP contribution in [0.15, 0.2) is 42.5 Å². The summed E-state index contributed by atoms with van der Waals surface area (Å²) in [4.78, 5) is 11.8. The molecule has 20 heavy (non-hydrogen) atoms. The third-order valence-electron chi connectivity index (χ3n) is 2.77. The van der Waals surface area contributed by atoms with Crippen molar-refractivity contribution in [3.63, 3.8) is 0 Å². The molecular weight excluding hydrogens is 278 g/mol. The van der Waals surface area contributed by atoms with E-state index in [9.17, 15) is 9.90 Å². The summed E-state index contributed by atoms with van der Waals surface area (Å²) >= 11 is 5.98. The predicted octanol–water partition coefficient (Wildman–Crippen LogP) is 3.37. The number of anilines is 1. The number of hydrogen-bond donors (Lipinski definition) is 2. The van der Waals surface area contributed by atoms with Crippen molar-refractivity contribution in [2.45, 2.75) is 6.92 Å². The molecular formula is C15H14ClNO3. The summed E-state index contributed by atoms with van der Waals surface area (Å²) in [6.45, 7) is 1.63. The van der Waals surface area contributed by atoms with E-state index in [1.54, 1.807) is 36.4 Å². The van der Waals surface area contributed by atoms with Gasteiger partial charge < -0.3 is 15.2 Å². The lowest BCUT2D eigenvalue weighted by atomic mass is 10.2. The molecule has 2 aromatic carbocycles. The maximum absolute atomic E-state index is 11.8. The molecule has 0 unspecified atom stereocenters. The maximum Gasteiger partial charge on any atom is 0.262 e. The van der Waals surface area contributed by atoms with Gasteiger partial charge in [0.05, 0.1) is 0 Å². The topological polar surface area (TPSA) is 58.6 Å². The van der Waals surface area contributed by atoms with Gasteiger partial charge in [0.1, 0.15) is 0 Å². The van der Waals surface area contributed by atoms with Gasteiger partial charge in [-0.25, -0.2) is 0 Å². The molecule has 0 atom stereocenters. The molecule has 104 valence electrons. The van der Waals surface area contributed by atoms with Gasteiger partial charge in [0.25, 0.3) is 5.91 Å². The number of phenolic OH excluding ortho intramolecular Hbond substituents is 1. The fraction of sp³-hybridized carbons (Fsp3) is 0.133. The average Bonchev–Trinajstić information content (AvgIpc) is 2.43. The Morgan fingerprint density at radius 1 is 1.25 bits per heavy atom. The Kier molecular flexibility index (Phi) is 4.48. The molecule has 2 aromatic rings. The second-order valence-electron chi connectivity index (χ2n) is 4.22. The first kappa shape index (κ1) is 14.2. The highest BCUT2D eigenvalue weighted by molar-refractivity contribution is 6.31. The van der Waals surface area contributed by atoms with Gasteiger partial charge in [0.2, 0.25) is 0 Å². The van der Waals surface area contributed by atoms with Crippen molar-refractivity contribution in [1.29, 1.82) is 0 Å². The van der Waals surface area contributed by atoms with Gasteiger partial charge in [0.15, 0.2) is 18.1 Å². The van der Waals surface area contributed by atoms with E-state index in [1.165, 1.54) is 6.07 Å². The van der Waals surface area contributed by atoms with Gasteiger partial charge in [-0.15, -0.1) is 0 Å². The first-order valence-corrected chi connectivity index (χ1v) is 6.41. The highest BCUT2D eigenvalue weighted by Crippen LogP contribution is 2.25. The Morgan fingerprint density at radius 2 is 2.00 bits per heavy atom. The van der Waals surface area contributed by atoms with Crippen molar-refractivity contribution >= 4 is 23.2 Å². The Balaban J connectivity index is 1.96. The zero-order valence-electron chi connectivity index (χ0n) is 10.9. The number of hydrogen-bond acceptors (Lipinski definition) is 3. The number of amides is 1. The number of halogens is 1. The molecule has 5 heteroatoms. The predicted molar refractivity (Wildman–Crippen MR) is 78.4 cm³/mol. The van der Waals surface area contributed by atoms with Crippen LogP contribution in [-0.2, 0) is 4.79 Å². The summed E-state index contributed by atoms with van der Waals surface area (Å²) in [5.41, 5.74) is 1.44. The monoisotopic (exact) mass is 291 g/mol. The first-order valence-electron chi connectivity index (χ1n) is 6.03. The molecule has 0 aliphatic rings. The van der Waals surface area contributed by atoms with Crippen LogP contribution in [0.4, 0.5) is 5.69 Å². The number of aromatic hydroxyl groups is 1. The minimum absolute atomic E-state index is 0.000707. The zero-order chi connectivity index (χ0) is 14.5. The van der Waals surface area contributed by atoms with Crippen LogP contribution in [0.5, 0.6) is 11.5 Å². The van der Waals surface area contributed by atoms with Crippen LogP contribution in [0.25, 0.3) is 0 Å². The van der Waals surface area contributed by atoms with Gasteiger partial charge >= 0.3 is 0 Å². The number of carbonyl (C=O) groups is 1. The van der Waals surface area contributed by atoms with Crippen LogP contribution in [0.3, 0.4) is 0 Å². The number of phenols is 1. The lowest BCUT2D eigenvalue weighted by Crippen LogP contribution is -2.20. The fourth-order valence-electron chi connectivity index (χ4n) is 1.65. The molecule has 2 rings (SSSR count). The van der Waals surface area contributed by atoms with Crippen LogP contribution in [0, 0.1) is 6.92 Å². The van der Waals surface area contributed by atoms with Crippen molar-refractivity contribution in [1.82, 2.24) is 0 Å². The molecule has 0 aliphatic heterocycles. The molecule has 1 amide bonds. The van der Waals surface area contributed by atoms with Gasteiger partial charge in [-0.1, -0.05) is 29.8 Å². The van der Waals surface area contributed by atoms with Crippen LogP contribution in [0.1, 0.15) is 5.56 Å². The summed E-state index contributed by atoms with van der Waals surface area (Å²) in [6.07, 6.45) is 0. The largest absolute Gasteiger partial charge is 0.504 e. The van der Waals surface area contributed by atoms with Gasteiger partial charge in [0, 0.05) is 10.7 Å². The standard InChI is InChI=1S/C15H14ClNO3/c1-10-11(16)5-4-6-12(10)17-15(19)9-20-14-8-3-2-7-13(14)18/h2-8,18H,9H2,1H3,(H,17,19). The second kappa shape index (κ2) is 6.30. The molecule has 0 aromatic heterocycles. The Hall–Kier alpha value is -2.20. The minimum Gasteiger partial charge on any atom is -0.504 e. The van der Waals surface area contributed by atoms with Crippen LogP contribution in [0.2, 0.25) is 5.02 Å². The third-order valence-corrected chi connectivity index (χ3v) is 3.18. The minimum atomic E-state index is -0.321. The smallest absolute Gasteiger partial charge is 0.262 e. The maximum atomic E-state index is 11.8. The molecule has 0 radical (unpaired) electrons. The van der Waals surface area contributed by atoms with E-state index < -0.39 is 0 Å². The highest BCUT2D eigenvalue weighted by Gasteiger charge is 2.08. The lowest BCUT2D eigenvalue weighted by Gasteiger charge is -2.11. The second-order valence-corrected chi connectivity index (χ2v) is 4.62. The molecule has 0 saturated carbocycles. The van der Waals surface area contributed by atoms with Crippen molar-refractivity contribution in [2.24, 2.45) is 0 Å².